The summed E-state index contributed by atoms with van der Waals surface area (Å²) in [6.07, 6.45) is 7.05. The smallest absolute Gasteiger partial charge is 0.438 e. The highest BCUT2D eigenvalue weighted by atomic mass is 16.7. The van der Waals surface area contributed by atoms with E-state index in [1.807, 2.05) is 6.08 Å². The van der Waals surface area contributed by atoms with Crippen molar-refractivity contribution in [2.24, 2.45) is 28.6 Å². The van der Waals surface area contributed by atoms with Gasteiger partial charge in [0.25, 0.3) is 0 Å². The molecule has 2 N–H and O–H groups in total. The molecular weight excluding hydrogens is 332 g/mol. The van der Waals surface area contributed by atoms with Crippen LogP contribution in [-0.2, 0) is 9.47 Å². The molecule has 5 nitrogen and oxygen atoms in total. The molecule has 0 bridgehead atoms. The first-order valence-electron chi connectivity index (χ1n) is 10.1. The normalized spacial score (nSPS) is 50.1. The van der Waals surface area contributed by atoms with Crippen LogP contribution in [0.2, 0.25) is 0 Å². The largest absolute Gasteiger partial charge is 0.508 e. The molecule has 0 aromatic carbocycles. The zero-order valence-electron chi connectivity index (χ0n) is 16.1. The summed E-state index contributed by atoms with van der Waals surface area (Å²) in [5.41, 5.74) is 1.26. The van der Waals surface area contributed by atoms with Gasteiger partial charge in [-0.15, -0.1) is 0 Å². The summed E-state index contributed by atoms with van der Waals surface area (Å²) in [4.78, 5) is 11.5. The first-order valence-corrected chi connectivity index (χ1v) is 10.1. The molecule has 5 heteroatoms. The number of carbonyl (C=O) groups excluding carboxylic acids is 1. The highest BCUT2D eigenvalue weighted by molar-refractivity contribution is 5.59. The average Bonchev–Trinajstić information content (AvgIpc) is 2.91. The van der Waals surface area contributed by atoms with Crippen molar-refractivity contribution in [2.45, 2.75) is 77.1 Å². The maximum Gasteiger partial charge on any atom is 0.508 e. The standard InChI is InChI=1S/C21H32O5/c1-20-8-6-13(26-19(24)25-3)10-12(20)11-16(22)18-14-4-5-17(23)21(14,2)9-7-15(18)20/h11,13-18,22-23H,4-10H2,1-3H3/t13-,14-,15-,16+,17-,18-,20-,21-/m0/s1. The van der Waals surface area contributed by atoms with E-state index in [0.29, 0.717) is 18.3 Å². The molecule has 146 valence electrons. The van der Waals surface area contributed by atoms with E-state index in [0.717, 1.165) is 38.5 Å². The summed E-state index contributed by atoms with van der Waals surface area (Å²) in [7, 11) is 1.33. The molecule has 0 spiro atoms. The van der Waals surface area contributed by atoms with Crippen LogP contribution in [0.4, 0.5) is 4.79 Å². The molecule has 3 fully saturated rings. The van der Waals surface area contributed by atoms with Gasteiger partial charge in [0, 0.05) is 6.42 Å². The van der Waals surface area contributed by atoms with Gasteiger partial charge in [0.1, 0.15) is 6.10 Å². The van der Waals surface area contributed by atoms with E-state index in [9.17, 15) is 15.0 Å². The zero-order valence-corrected chi connectivity index (χ0v) is 16.1. The minimum Gasteiger partial charge on any atom is -0.438 e. The molecule has 4 rings (SSSR count). The minimum atomic E-state index is -0.623. The van der Waals surface area contributed by atoms with Gasteiger partial charge in [0.2, 0.25) is 0 Å². The van der Waals surface area contributed by atoms with Gasteiger partial charge in [0.15, 0.2) is 0 Å². The molecule has 0 radical (unpaired) electrons. The molecule has 3 saturated carbocycles. The van der Waals surface area contributed by atoms with Crippen LogP contribution in [0.3, 0.4) is 0 Å². The Hall–Kier alpha value is -1.07. The number of carbonyl (C=O) groups is 1. The number of aliphatic hydroxyl groups is 2. The highest BCUT2D eigenvalue weighted by Crippen LogP contribution is 2.64. The Morgan fingerprint density at radius 2 is 1.88 bits per heavy atom. The molecule has 0 unspecified atom stereocenters. The molecule has 4 aliphatic rings. The summed E-state index contributed by atoms with van der Waals surface area (Å²) in [6, 6.07) is 0. The third-order valence-corrected chi connectivity index (χ3v) is 8.46. The molecule has 0 amide bonds. The van der Waals surface area contributed by atoms with Gasteiger partial charge in [-0.3, -0.25) is 0 Å². The molecule has 0 saturated heterocycles. The Kier molecular flexibility index (Phi) is 4.39. The van der Waals surface area contributed by atoms with E-state index in [2.05, 4.69) is 18.6 Å². The van der Waals surface area contributed by atoms with Gasteiger partial charge in [-0.1, -0.05) is 25.5 Å². The second kappa shape index (κ2) is 6.23. The molecule has 0 heterocycles. The minimum absolute atomic E-state index is 0.0466. The molecule has 0 aliphatic heterocycles. The van der Waals surface area contributed by atoms with Crippen LogP contribution in [0, 0.1) is 28.6 Å². The van der Waals surface area contributed by atoms with Crippen molar-refractivity contribution >= 4 is 6.16 Å². The lowest BCUT2D eigenvalue weighted by Crippen LogP contribution is -2.55. The number of rotatable bonds is 1. The first kappa shape index (κ1) is 18.3. The lowest BCUT2D eigenvalue weighted by Gasteiger charge is -2.58. The number of fused-ring (bicyclic) bond motifs is 5. The van der Waals surface area contributed by atoms with Crippen LogP contribution in [-0.4, -0.2) is 41.8 Å². The fraction of sp³-hybridized carbons (Fsp3) is 0.857. The molecular formula is C21H32O5. The van der Waals surface area contributed by atoms with Crippen molar-refractivity contribution < 1.29 is 24.5 Å². The van der Waals surface area contributed by atoms with Gasteiger partial charge in [0.05, 0.1) is 19.3 Å². The number of aliphatic hydroxyl groups excluding tert-OH is 2. The Morgan fingerprint density at radius 3 is 2.62 bits per heavy atom. The third-order valence-electron chi connectivity index (χ3n) is 8.46. The van der Waals surface area contributed by atoms with Crippen LogP contribution in [0.25, 0.3) is 0 Å². The zero-order chi connectivity index (χ0) is 18.7. The summed E-state index contributed by atoms with van der Waals surface area (Å²) in [5.74, 6) is 1.07. The SMILES string of the molecule is COC(=O)O[C@H]1CC[C@@]2(C)C(=C[C@@H](O)[C@H]3[C@@H]4CC[C@H](O)[C@@]4(C)CC[C@@H]32)C1. The van der Waals surface area contributed by atoms with E-state index in [1.165, 1.54) is 12.7 Å². The van der Waals surface area contributed by atoms with E-state index in [1.54, 1.807) is 0 Å². The second-order valence-corrected chi connectivity index (χ2v) is 9.46. The molecule has 4 aliphatic carbocycles. The predicted octanol–water partition coefficient (Wildman–Crippen LogP) is 3.43. The van der Waals surface area contributed by atoms with Crippen molar-refractivity contribution in [3.05, 3.63) is 11.6 Å². The lowest BCUT2D eigenvalue weighted by atomic mass is 9.47. The Bertz CT molecular complexity index is 616. The summed E-state index contributed by atoms with van der Waals surface area (Å²) in [6.45, 7) is 4.56. The first-order chi connectivity index (χ1) is 12.3. The van der Waals surface area contributed by atoms with E-state index in [-0.39, 0.29) is 29.0 Å². The molecule has 8 atom stereocenters. The molecule has 26 heavy (non-hydrogen) atoms. The van der Waals surface area contributed by atoms with Crippen LogP contribution in [0.15, 0.2) is 11.6 Å². The fourth-order valence-electron chi connectivity index (χ4n) is 6.87. The maximum atomic E-state index is 11.5. The summed E-state index contributed by atoms with van der Waals surface area (Å²) >= 11 is 0. The monoisotopic (exact) mass is 364 g/mol. The molecule has 0 aromatic heterocycles. The number of ether oxygens (including phenoxy) is 2. The Labute approximate surface area is 155 Å². The Balaban J connectivity index is 1.61. The van der Waals surface area contributed by atoms with E-state index < -0.39 is 12.3 Å². The quantitative estimate of drug-likeness (QED) is 0.551. The number of methoxy groups -OCH3 is 1. The van der Waals surface area contributed by atoms with E-state index >= 15 is 0 Å². The topological polar surface area (TPSA) is 76.0 Å². The van der Waals surface area contributed by atoms with Crippen molar-refractivity contribution in [3.63, 3.8) is 0 Å². The van der Waals surface area contributed by atoms with Gasteiger partial charge >= 0.3 is 6.16 Å². The average molecular weight is 364 g/mol. The van der Waals surface area contributed by atoms with Gasteiger partial charge < -0.3 is 19.7 Å². The summed E-state index contributed by atoms with van der Waals surface area (Å²) in [5, 5.41) is 21.6. The number of hydrogen-bond acceptors (Lipinski definition) is 5. The third kappa shape index (κ3) is 2.54. The van der Waals surface area contributed by atoms with Crippen LogP contribution in [0.1, 0.15) is 58.8 Å². The van der Waals surface area contributed by atoms with Crippen molar-refractivity contribution in [1.82, 2.24) is 0 Å². The fourth-order valence-corrected chi connectivity index (χ4v) is 6.87. The van der Waals surface area contributed by atoms with Crippen LogP contribution < -0.4 is 0 Å². The predicted molar refractivity (Wildman–Crippen MR) is 96.4 cm³/mol. The van der Waals surface area contributed by atoms with Gasteiger partial charge in [-0.2, -0.15) is 0 Å². The van der Waals surface area contributed by atoms with Gasteiger partial charge in [-0.25, -0.2) is 4.79 Å². The van der Waals surface area contributed by atoms with Crippen LogP contribution in [0.5, 0.6) is 0 Å². The highest BCUT2D eigenvalue weighted by Gasteiger charge is 2.60. The second-order valence-electron chi connectivity index (χ2n) is 9.46. The van der Waals surface area contributed by atoms with E-state index in [4.69, 9.17) is 4.74 Å². The molecule has 0 aromatic rings. The maximum absolute atomic E-state index is 11.5. The number of hydrogen-bond donors (Lipinski definition) is 2. The lowest BCUT2D eigenvalue weighted by molar-refractivity contribution is -0.106. The van der Waals surface area contributed by atoms with Gasteiger partial charge in [-0.05, 0) is 67.1 Å². The van der Waals surface area contributed by atoms with Crippen molar-refractivity contribution in [3.8, 4) is 0 Å². The van der Waals surface area contributed by atoms with Crippen molar-refractivity contribution in [1.29, 1.82) is 0 Å². The Morgan fingerprint density at radius 1 is 1.12 bits per heavy atom. The summed E-state index contributed by atoms with van der Waals surface area (Å²) < 4.78 is 10.0. The van der Waals surface area contributed by atoms with Crippen molar-refractivity contribution in [2.75, 3.05) is 7.11 Å². The van der Waals surface area contributed by atoms with Crippen LogP contribution >= 0.6 is 0 Å².